The Morgan fingerprint density at radius 1 is 0.958 bits per heavy atom. The number of rotatable bonds is 29. The lowest BCUT2D eigenvalue weighted by Crippen LogP contribution is -2.34. The van der Waals surface area contributed by atoms with Crippen LogP contribution < -0.4 is 11.2 Å². The number of unbranched alkanes of at least 4 members (excludes halogenated alkanes) is 13. The van der Waals surface area contributed by atoms with Crippen molar-refractivity contribution in [1.82, 2.24) is 9.55 Å². The third-order valence-corrected chi connectivity index (χ3v) is 11.3. The molecule has 0 bridgehead atoms. The van der Waals surface area contributed by atoms with Crippen LogP contribution in [-0.2, 0) is 27.9 Å². The molecule has 2 N–H and O–H groups in total. The molecule has 0 radical (unpaired) electrons. The summed E-state index contributed by atoms with van der Waals surface area (Å²) in [7, 11) is -4.22. The number of aromatic amines is 1. The molecular weight excluding hydrogens is 662 g/mol. The van der Waals surface area contributed by atoms with E-state index in [2.05, 4.69) is 13.8 Å². The first-order valence-electron chi connectivity index (χ1n) is 18.3. The van der Waals surface area contributed by atoms with E-state index in [-0.39, 0.29) is 24.4 Å². The molecule has 1 saturated heterocycles. The number of H-pyrrole nitrogens is 1. The van der Waals surface area contributed by atoms with Gasteiger partial charge >= 0.3 is 13.5 Å². The number of thioether (sulfide) groups is 1. The molecule has 48 heavy (non-hydrogen) atoms. The van der Waals surface area contributed by atoms with Crippen molar-refractivity contribution >= 4 is 19.6 Å². The molecule has 3 unspecified atom stereocenters. The van der Waals surface area contributed by atoms with Gasteiger partial charge in [0.2, 0.25) is 5.82 Å². The highest BCUT2D eigenvalue weighted by Gasteiger charge is 2.39. The molecule has 0 aromatic carbocycles. The van der Waals surface area contributed by atoms with Crippen LogP contribution in [0.25, 0.3) is 0 Å². The van der Waals surface area contributed by atoms with Crippen LogP contribution in [0.2, 0.25) is 0 Å². The number of nitrogens with zero attached hydrogens (tertiary/aromatic N) is 1. The predicted octanol–water partition coefficient (Wildman–Crippen LogP) is 8.60. The van der Waals surface area contributed by atoms with Gasteiger partial charge in [-0.25, -0.2) is 14.2 Å². The van der Waals surface area contributed by atoms with Crippen molar-refractivity contribution in [2.24, 2.45) is 0 Å². The largest absolute Gasteiger partial charge is 0.502 e. The van der Waals surface area contributed by atoms with E-state index >= 15 is 0 Å². The van der Waals surface area contributed by atoms with Crippen LogP contribution in [0.1, 0.15) is 149 Å². The molecule has 2 heterocycles. The zero-order valence-corrected chi connectivity index (χ0v) is 31.4. The van der Waals surface area contributed by atoms with Crippen molar-refractivity contribution in [1.29, 1.82) is 0 Å². The van der Waals surface area contributed by atoms with Gasteiger partial charge in [0.1, 0.15) is 18.4 Å². The fourth-order valence-electron chi connectivity index (χ4n) is 5.57. The van der Waals surface area contributed by atoms with Crippen LogP contribution >= 0.6 is 19.6 Å². The van der Waals surface area contributed by atoms with Crippen molar-refractivity contribution in [3.63, 3.8) is 0 Å². The minimum absolute atomic E-state index is 0.0792. The number of phosphoric ester groups is 1. The van der Waals surface area contributed by atoms with Gasteiger partial charge in [-0.1, -0.05) is 111 Å². The quantitative estimate of drug-likeness (QED) is 0.0358. The topological polar surface area (TPSA) is 138 Å². The van der Waals surface area contributed by atoms with Crippen molar-refractivity contribution in [3.05, 3.63) is 32.9 Å². The second-order valence-corrected chi connectivity index (χ2v) is 15.7. The summed E-state index contributed by atoms with van der Waals surface area (Å²) in [4.78, 5) is 31.1. The van der Waals surface area contributed by atoms with Gasteiger partial charge in [-0.3, -0.25) is 23.4 Å². The fraction of sp³-hybridized carbons (Fsp3) is 0.882. The first-order valence-corrected chi connectivity index (χ1v) is 20.8. The van der Waals surface area contributed by atoms with E-state index in [9.17, 15) is 23.7 Å². The van der Waals surface area contributed by atoms with Crippen LogP contribution in [0.5, 0.6) is 0 Å². The van der Waals surface area contributed by atoms with Gasteiger partial charge in [-0.2, -0.15) is 16.2 Å². The smallest absolute Gasteiger partial charge is 0.390 e. The van der Waals surface area contributed by atoms with Crippen LogP contribution in [0.15, 0.2) is 15.8 Å². The Morgan fingerprint density at radius 2 is 1.56 bits per heavy atom. The summed E-state index contributed by atoms with van der Waals surface area (Å²) in [5.41, 5.74) is -2.03. The second kappa shape index (κ2) is 25.0. The molecule has 0 saturated carbocycles. The lowest BCUT2D eigenvalue weighted by atomic mass is 10.1. The van der Waals surface area contributed by atoms with E-state index in [1.165, 1.54) is 77.0 Å². The summed E-state index contributed by atoms with van der Waals surface area (Å²) >= 11 is 1.87. The Bertz CT molecular complexity index is 1160. The van der Waals surface area contributed by atoms with Crippen molar-refractivity contribution < 1.29 is 37.4 Å². The molecule has 1 aliphatic heterocycles. The minimum atomic E-state index is -4.22. The molecule has 0 spiro atoms. The number of hydrogen-bond acceptors (Lipinski definition) is 10. The maximum absolute atomic E-state index is 13.8. The molecule has 2 rings (SSSR count). The number of halogens is 1. The van der Waals surface area contributed by atoms with Gasteiger partial charge < -0.3 is 9.84 Å². The molecule has 1 aromatic rings. The highest BCUT2D eigenvalue weighted by molar-refractivity contribution is 7.99. The lowest BCUT2D eigenvalue weighted by Gasteiger charge is -2.25. The highest BCUT2D eigenvalue weighted by atomic mass is 32.2. The van der Waals surface area contributed by atoms with Crippen molar-refractivity contribution in [2.75, 3.05) is 19.0 Å². The normalized spacial score (nSPS) is 20.6. The highest BCUT2D eigenvalue weighted by Crippen LogP contribution is 2.51. The number of nitrogens with one attached hydrogen (secondary N) is 1. The number of aliphatic hydroxyl groups excluding tert-OH is 1. The maximum Gasteiger partial charge on any atom is 0.502 e. The minimum Gasteiger partial charge on any atom is -0.390 e. The Labute approximate surface area is 290 Å². The third-order valence-electron chi connectivity index (χ3n) is 8.52. The summed E-state index contributed by atoms with van der Waals surface area (Å²) in [6.07, 6.45) is 17.3. The zero-order chi connectivity index (χ0) is 35.2. The fourth-order valence-corrected chi connectivity index (χ4v) is 8.03. The number of ether oxygens (including phenoxy) is 1. The summed E-state index contributed by atoms with van der Waals surface area (Å²) in [5, 5.41) is 10.7. The van der Waals surface area contributed by atoms with Gasteiger partial charge in [0.15, 0.2) is 0 Å². The Morgan fingerprint density at radius 3 is 2.19 bits per heavy atom. The number of aromatic nitrogens is 2. The third kappa shape index (κ3) is 16.8. The lowest BCUT2D eigenvalue weighted by molar-refractivity contribution is -0.258. The molecular formula is C34H62FN2O9PS. The molecule has 1 aromatic heterocycles. The number of hydrogen-bond donors (Lipinski definition) is 2. The average molecular weight is 725 g/mol. The first kappa shape index (κ1) is 43.1. The second-order valence-electron chi connectivity index (χ2n) is 12.8. The Balaban J connectivity index is 1.89. The van der Waals surface area contributed by atoms with Crippen LogP contribution in [-0.4, -0.2) is 57.2 Å². The van der Waals surface area contributed by atoms with E-state index in [0.29, 0.717) is 6.42 Å². The van der Waals surface area contributed by atoms with Gasteiger partial charge in [-0.05, 0) is 31.9 Å². The van der Waals surface area contributed by atoms with Crippen LogP contribution in [0, 0.1) is 5.82 Å². The molecule has 0 aliphatic carbocycles. The molecule has 14 heteroatoms. The van der Waals surface area contributed by atoms with Gasteiger partial charge in [-0.15, -0.1) is 4.67 Å². The number of aliphatic hydroxyl groups is 1. The van der Waals surface area contributed by atoms with E-state index in [4.69, 9.17) is 23.3 Å². The summed E-state index contributed by atoms with van der Waals surface area (Å²) in [6, 6.07) is 0. The van der Waals surface area contributed by atoms with Gasteiger partial charge in [0, 0.05) is 11.7 Å². The molecule has 1 aliphatic rings. The van der Waals surface area contributed by atoms with E-state index in [1.807, 2.05) is 30.6 Å². The van der Waals surface area contributed by atoms with Gasteiger partial charge in [0.05, 0.1) is 25.5 Å². The van der Waals surface area contributed by atoms with E-state index < -0.39 is 49.9 Å². The Hall–Kier alpha value is -1.05. The average Bonchev–Trinajstić information content (AvgIpc) is 3.44. The van der Waals surface area contributed by atoms with E-state index in [0.717, 1.165) is 42.2 Å². The molecule has 11 nitrogen and oxygen atoms in total. The Kier molecular flexibility index (Phi) is 22.4. The zero-order valence-electron chi connectivity index (χ0n) is 29.7. The summed E-state index contributed by atoms with van der Waals surface area (Å²) in [5.74, 6) is -0.143. The number of phosphoric acid groups is 1. The summed E-state index contributed by atoms with van der Waals surface area (Å²) < 4.78 is 50.3. The van der Waals surface area contributed by atoms with Crippen molar-refractivity contribution in [2.45, 2.75) is 173 Å². The van der Waals surface area contributed by atoms with Gasteiger partial charge in [0.25, 0.3) is 5.56 Å². The molecule has 280 valence electrons. The molecule has 0 amide bonds. The standard InChI is InChI=1S/C34H62FN2O9PS/c1-5-8-10-12-13-14-15-16-18-20-23-48-31(21-19-17-11-9-6-2)27(4)45-46-47(41,42-22-7-3)43-26-30-29(38)24-32(44-30)37-25-28(35)33(39)36-34(37)40/h25,27,29-32,38H,5-24,26H2,1-4H3,(H,36,39,40)/t27?,29-,30+,31?,32+,47?/m0/s1. The maximum atomic E-state index is 13.8. The van der Waals surface area contributed by atoms with Crippen molar-refractivity contribution in [3.8, 4) is 0 Å². The first-order chi connectivity index (χ1) is 23.1. The van der Waals surface area contributed by atoms with Crippen LogP contribution in [0.4, 0.5) is 4.39 Å². The monoisotopic (exact) mass is 724 g/mol. The molecule has 6 atom stereocenters. The SMILES string of the molecule is CCCCCCCCCCCCSC(CCCCCCC)C(C)OOP(=O)(OCCC)OC[C@H]1O[C@@H](n2cc(F)c(=O)[nH]c2=O)C[C@@H]1O. The van der Waals surface area contributed by atoms with E-state index in [1.54, 1.807) is 0 Å². The molecule has 1 fully saturated rings. The summed E-state index contributed by atoms with van der Waals surface area (Å²) in [6.45, 7) is 7.89. The predicted molar refractivity (Wildman–Crippen MR) is 189 cm³/mol. The van der Waals surface area contributed by atoms with Crippen LogP contribution in [0.3, 0.4) is 0 Å².